The molecule has 0 saturated carbocycles. The average Bonchev–Trinajstić information content (AvgIpc) is 2.10. The summed E-state index contributed by atoms with van der Waals surface area (Å²) >= 11 is 3.13. The van der Waals surface area contributed by atoms with E-state index in [0.29, 0.717) is 4.47 Å². The molecule has 2 nitrogen and oxygen atoms in total. The van der Waals surface area contributed by atoms with Gasteiger partial charge in [0.1, 0.15) is 5.82 Å². The Morgan fingerprint density at radius 3 is 2.77 bits per heavy atom. The van der Waals surface area contributed by atoms with Crippen molar-refractivity contribution in [3.63, 3.8) is 0 Å². The van der Waals surface area contributed by atoms with Gasteiger partial charge in [0.15, 0.2) is 6.10 Å². The van der Waals surface area contributed by atoms with Crippen molar-refractivity contribution < 1.29 is 9.13 Å². The number of halogens is 2. The molecule has 1 rings (SSSR count). The summed E-state index contributed by atoms with van der Waals surface area (Å²) < 4.78 is 18.6. The minimum absolute atomic E-state index is 0.258. The minimum Gasteiger partial charge on any atom is -0.362 e. The van der Waals surface area contributed by atoms with Crippen molar-refractivity contribution in [1.29, 1.82) is 5.26 Å². The summed E-state index contributed by atoms with van der Waals surface area (Å²) in [5.41, 5.74) is 0.258. The first-order chi connectivity index (χ1) is 6.19. The van der Waals surface area contributed by atoms with Gasteiger partial charge in [0.2, 0.25) is 0 Å². The van der Waals surface area contributed by atoms with Crippen LogP contribution in [-0.2, 0) is 4.74 Å². The molecule has 0 aliphatic heterocycles. The number of rotatable bonds is 2. The lowest BCUT2D eigenvalue weighted by atomic mass is 10.1. The van der Waals surface area contributed by atoms with Crippen LogP contribution >= 0.6 is 15.9 Å². The van der Waals surface area contributed by atoms with Crippen LogP contribution in [0.2, 0.25) is 0 Å². The maximum absolute atomic E-state index is 13.2. The van der Waals surface area contributed by atoms with E-state index in [2.05, 4.69) is 15.9 Å². The molecule has 13 heavy (non-hydrogen) atoms. The fourth-order valence-corrected chi connectivity index (χ4v) is 1.30. The van der Waals surface area contributed by atoms with Crippen LogP contribution in [0.5, 0.6) is 0 Å². The van der Waals surface area contributed by atoms with E-state index < -0.39 is 11.9 Å². The molecule has 0 bridgehead atoms. The summed E-state index contributed by atoms with van der Waals surface area (Å²) in [6, 6.07) is 6.35. The molecule has 1 aromatic carbocycles. The van der Waals surface area contributed by atoms with Gasteiger partial charge in [0.25, 0.3) is 0 Å². The number of hydrogen-bond acceptors (Lipinski definition) is 2. The maximum atomic E-state index is 13.2. The van der Waals surface area contributed by atoms with E-state index in [4.69, 9.17) is 10.00 Å². The number of nitrogens with zero attached hydrogens (tertiary/aromatic N) is 1. The van der Waals surface area contributed by atoms with Gasteiger partial charge in [-0.3, -0.25) is 0 Å². The van der Waals surface area contributed by atoms with Crippen LogP contribution in [0.3, 0.4) is 0 Å². The zero-order valence-electron chi connectivity index (χ0n) is 6.92. The van der Waals surface area contributed by atoms with Crippen LogP contribution < -0.4 is 0 Å². The van der Waals surface area contributed by atoms with Crippen molar-refractivity contribution in [3.8, 4) is 6.07 Å². The molecular formula is C9H7BrFNO. The smallest absolute Gasteiger partial charge is 0.171 e. The zero-order valence-corrected chi connectivity index (χ0v) is 8.51. The predicted molar refractivity (Wildman–Crippen MR) is 49.5 cm³/mol. The fourth-order valence-electron chi connectivity index (χ4n) is 0.963. The molecule has 0 heterocycles. The summed E-state index contributed by atoms with van der Waals surface area (Å²) in [4.78, 5) is 0. The molecule has 0 fully saturated rings. The Balaban J connectivity index is 3.09. The Hall–Kier alpha value is -0.920. The van der Waals surface area contributed by atoms with E-state index in [0.717, 1.165) is 0 Å². The monoisotopic (exact) mass is 243 g/mol. The Morgan fingerprint density at radius 1 is 1.62 bits per heavy atom. The first-order valence-electron chi connectivity index (χ1n) is 3.56. The summed E-state index contributed by atoms with van der Waals surface area (Å²) in [5, 5.41) is 8.62. The van der Waals surface area contributed by atoms with Crippen molar-refractivity contribution in [2.75, 3.05) is 7.11 Å². The summed E-state index contributed by atoms with van der Waals surface area (Å²) in [6.07, 6.45) is -0.840. The molecule has 0 amide bonds. The Bertz CT molecular complexity index is 348. The molecule has 0 saturated heterocycles. The number of methoxy groups -OCH3 is 1. The van der Waals surface area contributed by atoms with Crippen LogP contribution in [0.1, 0.15) is 11.7 Å². The number of nitriles is 1. The Kier molecular flexibility index (Phi) is 3.40. The lowest BCUT2D eigenvalue weighted by Crippen LogP contribution is -2.00. The molecule has 0 N–H and O–H groups in total. The maximum Gasteiger partial charge on any atom is 0.171 e. The van der Waals surface area contributed by atoms with Crippen LogP contribution in [-0.4, -0.2) is 7.11 Å². The molecule has 1 atom stereocenters. The van der Waals surface area contributed by atoms with Gasteiger partial charge in [-0.15, -0.1) is 0 Å². The van der Waals surface area contributed by atoms with Crippen LogP contribution in [0.4, 0.5) is 4.39 Å². The van der Waals surface area contributed by atoms with Crippen molar-refractivity contribution >= 4 is 15.9 Å². The standard InChI is InChI=1S/C9H7BrFNO/c1-13-9(5-12)7-3-2-6(10)4-8(7)11/h2-4,9H,1H3. The third-order valence-corrected chi connectivity index (χ3v) is 2.09. The van der Waals surface area contributed by atoms with Crippen molar-refractivity contribution in [2.24, 2.45) is 0 Å². The quantitative estimate of drug-likeness (QED) is 0.801. The Labute approximate surface area is 84.1 Å². The van der Waals surface area contributed by atoms with Crippen LogP contribution in [0.25, 0.3) is 0 Å². The molecule has 1 aromatic rings. The lowest BCUT2D eigenvalue weighted by Gasteiger charge is -2.07. The molecule has 4 heteroatoms. The van der Waals surface area contributed by atoms with Crippen molar-refractivity contribution in [3.05, 3.63) is 34.1 Å². The minimum atomic E-state index is -0.840. The van der Waals surface area contributed by atoms with Gasteiger partial charge in [0, 0.05) is 17.1 Å². The van der Waals surface area contributed by atoms with Crippen molar-refractivity contribution in [1.82, 2.24) is 0 Å². The molecule has 0 aromatic heterocycles. The highest BCUT2D eigenvalue weighted by Gasteiger charge is 2.13. The number of ether oxygens (including phenoxy) is 1. The first-order valence-corrected chi connectivity index (χ1v) is 4.35. The second-order valence-corrected chi connectivity index (χ2v) is 3.33. The summed E-state index contributed by atoms with van der Waals surface area (Å²) in [5.74, 6) is -0.442. The van der Waals surface area contributed by atoms with Gasteiger partial charge in [-0.25, -0.2) is 4.39 Å². The highest BCUT2D eigenvalue weighted by Crippen LogP contribution is 2.22. The summed E-state index contributed by atoms with van der Waals surface area (Å²) in [6.45, 7) is 0. The van der Waals surface area contributed by atoms with E-state index in [-0.39, 0.29) is 5.56 Å². The van der Waals surface area contributed by atoms with Crippen molar-refractivity contribution in [2.45, 2.75) is 6.10 Å². The van der Waals surface area contributed by atoms with Gasteiger partial charge in [0.05, 0.1) is 6.07 Å². The molecule has 0 aliphatic carbocycles. The van der Waals surface area contributed by atoms with E-state index in [1.54, 1.807) is 6.07 Å². The normalized spacial score (nSPS) is 12.2. The predicted octanol–water partition coefficient (Wildman–Crippen LogP) is 2.80. The van der Waals surface area contributed by atoms with E-state index >= 15 is 0 Å². The molecule has 0 spiro atoms. The Morgan fingerprint density at radius 2 is 2.31 bits per heavy atom. The first kappa shape index (κ1) is 10.2. The second kappa shape index (κ2) is 4.35. The molecule has 0 aliphatic rings. The van der Waals surface area contributed by atoms with Crippen LogP contribution in [0, 0.1) is 17.1 Å². The molecule has 1 unspecified atom stereocenters. The van der Waals surface area contributed by atoms with E-state index in [1.807, 2.05) is 6.07 Å². The average molecular weight is 244 g/mol. The lowest BCUT2D eigenvalue weighted by molar-refractivity contribution is 0.145. The topological polar surface area (TPSA) is 33.0 Å². The zero-order chi connectivity index (χ0) is 9.84. The number of hydrogen-bond donors (Lipinski definition) is 0. The van der Waals surface area contributed by atoms with E-state index in [9.17, 15) is 4.39 Å². The fraction of sp³-hybridized carbons (Fsp3) is 0.222. The van der Waals surface area contributed by atoms with E-state index in [1.165, 1.54) is 19.2 Å². The van der Waals surface area contributed by atoms with Gasteiger partial charge in [-0.05, 0) is 12.1 Å². The second-order valence-electron chi connectivity index (χ2n) is 2.41. The highest BCUT2D eigenvalue weighted by molar-refractivity contribution is 9.10. The molecular weight excluding hydrogens is 237 g/mol. The SMILES string of the molecule is COC(C#N)c1ccc(Br)cc1F. The molecule has 0 radical (unpaired) electrons. The van der Waals surface area contributed by atoms with Gasteiger partial charge < -0.3 is 4.74 Å². The molecule has 68 valence electrons. The number of benzene rings is 1. The van der Waals surface area contributed by atoms with Gasteiger partial charge in [-0.1, -0.05) is 22.0 Å². The van der Waals surface area contributed by atoms with Gasteiger partial charge >= 0.3 is 0 Å². The highest BCUT2D eigenvalue weighted by atomic mass is 79.9. The van der Waals surface area contributed by atoms with Crippen LogP contribution in [0.15, 0.2) is 22.7 Å². The largest absolute Gasteiger partial charge is 0.362 e. The van der Waals surface area contributed by atoms with Gasteiger partial charge in [-0.2, -0.15) is 5.26 Å². The summed E-state index contributed by atoms with van der Waals surface area (Å²) in [7, 11) is 1.37. The third-order valence-electron chi connectivity index (χ3n) is 1.60. The third kappa shape index (κ3) is 2.27.